The molecule has 3 aromatic rings. The second-order valence-electron chi connectivity index (χ2n) is 10.2. The molecule has 11 heteroatoms. The molecule has 2 aliphatic rings. The number of fused-ring (bicyclic) bond motifs is 1. The lowest BCUT2D eigenvalue weighted by atomic mass is 10.1. The molecule has 1 aromatic carbocycles. The SMILES string of the molecule is COc1ccc(-c2ccc3c(N4CCOCC4)nc(N4C[C@@H](C)O[C@@H](C)C4)nc3n2)cc1CNCCSCCO. The number of thioether (sulfide) groups is 1. The molecule has 0 aliphatic carbocycles. The van der Waals surface area contributed by atoms with E-state index in [-0.39, 0.29) is 18.8 Å². The highest BCUT2D eigenvalue weighted by molar-refractivity contribution is 7.99. The number of nitrogens with zero attached hydrogens (tertiary/aromatic N) is 5. The van der Waals surface area contributed by atoms with Crippen molar-refractivity contribution in [2.45, 2.75) is 32.6 Å². The molecule has 2 fully saturated rings. The number of hydrogen-bond donors (Lipinski definition) is 2. The van der Waals surface area contributed by atoms with Crippen LogP contribution in [0.3, 0.4) is 0 Å². The molecule has 5 rings (SSSR count). The number of morpholine rings is 2. The quantitative estimate of drug-likeness (QED) is 0.334. The van der Waals surface area contributed by atoms with Gasteiger partial charge in [0.15, 0.2) is 5.65 Å². The van der Waals surface area contributed by atoms with Crippen molar-refractivity contribution in [3.63, 3.8) is 0 Å². The maximum atomic E-state index is 8.97. The number of nitrogens with one attached hydrogen (secondary N) is 1. The number of pyridine rings is 1. The predicted octanol–water partition coefficient (Wildman–Crippen LogP) is 2.97. The number of ether oxygens (including phenoxy) is 3. The molecule has 40 heavy (non-hydrogen) atoms. The van der Waals surface area contributed by atoms with Crippen LogP contribution in [0.4, 0.5) is 11.8 Å². The Hall–Kier alpha value is -2.70. The molecular weight excluding hydrogens is 528 g/mol. The summed E-state index contributed by atoms with van der Waals surface area (Å²) in [7, 11) is 1.70. The molecule has 0 amide bonds. The summed E-state index contributed by atoms with van der Waals surface area (Å²) in [5.41, 5.74) is 3.63. The van der Waals surface area contributed by atoms with E-state index in [1.54, 1.807) is 18.9 Å². The lowest BCUT2D eigenvalue weighted by Crippen LogP contribution is -2.46. The van der Waals surface area contributed by atoms with Crippen molar-refractivity contribution in [2.24, 2.45) is 0 Å². The molecule has 2 saturated heterocycles. The zero-order valence-electron chi connectivity index (χ0n) is 23.6. The van der Waals surface area contributed by atoms with Crippen LogP contribution in [0.15, 0.2) is 30.3 Å². The van der Waals surface area contributed by atoms with Crippen molar-refractivity contribution in [3.8, 4) is 17.0 Å². The van der Waals surface area contributed by atoms with E-state index in [1.807, 2.05) is 12.1 Å². The van der Waals surface area contributed by atoms with E-state index >= 15 is 0 Å². The Bertz CT molecular complexity index is 1260. The van der Waals surface area contributed by atoms with Gasteiger partial charge in [0.2, 0.25) is 5.95 Å². The molecule has 10 nitrogen and oxygen atoms in total. The fourth-order valence-corrected chi connectivity index (χ4v) is 5.87. The standard InChI is InChI=1S/C29H40N6O4S/c1-20-18-35(19-21(2)39-20)29-32-27-24(28(33-29)34-9-12-38-13-10-34)5-6-25(31-27)22-4-7-26(37-3)23(16-22)17-30-8-14-40-15-11-36/h4-7,16,20-21,30,36H,8-15,17-19H2,1-3H3/t20-,21+. The Morgan fingerprint density at radius 1 is 1.02 bits per heavy atom. The number of aliphatic hydroxyl groups excluding tert-OH is 1. The zero-order chi connectivity index (χ0) is 27.9. The Morgan fingerprint density at radius 3 is 2.58 bits per heavy atom. The van der Waals surface area contributed by atoms with Crippen molar-refractivity contribution in [2.75, 3.05) is 81.0 Å². The predicted molar refractivity (Wildman–Crippen MR) is 161 cm³/mol. The fraction of sp³-hybridized carbons (Fsp3) is 0.552. The first-order valence-electron chi connectivity index (χ1n) is 14.0. The minimum absolute atomic E-state index is 0.105. The fourth-order valence-electron chi connectivity index (χ4n) is 5.25. The Balaban J connectivity index is 1.46. The Labute approximate surface area is 240 Å². The molecule has 0 unspecified atom stereocenters. The van der Waals surface area contributed by atoms with Crippen LogP contribution < -0.4 is 19.9 Å². The summed E-state index contributed by atoms with van der Waals surface area (Å²) in [6, 6.07) is 10.3. The monoisotopic (exact) mass is 568 g/mol. The van der Waals surface area contributed by atoms with Gasteiger partial charge >= 0.3 is 0 Å². The summed E-state index contributed by atoms with van der Waals surface area (Å²) in [5, 5.41) is 13.4. The summed E-state index contributed by atoms with van der Waals surface area (Å²) < 4.78 is 17.2. The van der Waals surface area contributed by atoms with Gasteiger partial charge in [0.25, 0.3) is 0 Å². The first-order chi connectivity index (χ1) is 19.6. The van der Waals surface area contributed by atoms with E-state index in [4.69, 9.17) is 34.3 Å². The Morgan fingerprint density at radius 2 is 1.82 bits per heavy atom. The van der Waals surface area contributed by atoms with Gasteiger partial charge < -0.3 is 34.4 Å². The van der Waals surface area contributed by atoms with Crippen LogP contribution in [0.5, 0.6) is 5.75 Å². The van der Waals surface area contributed by atoms with Gasteiger partial charge in [-0.25, -0.2) is 4.98 Å². The maximum Gasteiger partial charge on any atom is 0.229 e. The molecule has 2 atom stereocenters. The van der Waals surface area contributed by atoms with Crippen molar-refractivity contribution in [3.05, 3.63) is 35.9 Å². The highest BCUT2D eigenvalue weighted by Crippen LogP contribution is 2.31. The van der Waals surface area contributed by atoms with E-state index in [0.717, 1.165) is 78.0 Å². The molecule has 0 saturated carbocycles. The molecular formula is C29H40N6O4S. The highest BCUT2D eigenvalue weighted by atomic mass is 32.2. The summed E-state index contributed by atoms with van der Waals surface area (Å²) in [6.45, 7) is 10.4. The number of rotatable bonds is 11. The smallest absolute Gasteiger partial charge is 0.229 e. The van der Waals surface area contributed by atoms with Gasteiger partial charge in [0.05, 0.1) is 50.2 Å². The maximum absolute atomic E-state index is 8.97. The van der Waals surface area contributed by atoms with Crippen molar-refractivity contribution in [1.82, 2.24) is 20.3 Å². The van der Waals surface area contributed by atoms with Crippen molar-refractivity contribution >= 4 is 34.6 Å². The minimum atomic E-state index is 0.105. The van der Waals surface area contributed by atoms with E-state index in [2.05, 4.69) is 47.2 Å². The molecule has 2 aliphatic heterocycles. The number of hydrogen-bond acceptors (Lipinski definition) is 11. The van der Waals surface area contributed by atoms with Crippen molar-refractivity contribution in [1.29, 1.82) is 0 Å². The summed E-state index contributed by atoms with van der Waals surface area (Å²) >= 11 is 1.74. The van der Waals surface area contributed by atoms with Gasteiger partial charge in [-0.3, -0.25) is 0 Å². The van der Waals surface area contributed by atoms with Gasteiger partial charge in [0, 0.05) is 61.9 Å². The van der Waals surface area contributed by atoms with Crippen LogP contribution >= 0.6 is 11.8 Å². The van der Waals surface area contributed by atoms with Crippen LogP contribution in [-0.4, -0.2) is 103 Å². The lowest BCUT2D eigenvalue weighted by Gasteiger charge is -2.36. The van der Waals surface area contributed by atoms with Gasteiger partial charge in [-0.15, -0.1) is 0 Å². The number of benzene rings is 1. The lowest BCUT2D eigenvalue weighted by molar-refractivity contribution is -0.00570. The van der Waals surface area contributed by atoms with Gasteiger partial charge in [0.1, 0.15) is 11.6 Å². The molecule has 4 heterocycles. The molecule has 0 bridgehead atoms. The number of aromatic nitrogens is 3. The van der Waals surface area contributed by atoms with Crippen LogP contribution in [0.2, 0.25) is 0 Å². The van der Waals surface area contributed by atoms with E-state index in [1.165, 1.54) is 0 Å². The molecule has 0 radical (unpaired) electrons. The number of aliphatic hydroxyl groups is 1. The van der Waals surface area contributed by atoms with Gasteiger partial charge in [-0.05, 0) is 44.2 Å². The molecule has 2 N–H and O–H groups in total. The first-order valence-corrected chi connectivity index (χ1v) is 15.2. The van der Waals surface area contributed by atoms with Crippen LogP contribution in [-0.2, 0) is 16.0 Å². The van der Waals surface area contributed by atoms with E-state index < -0.39 is 0 Å². The third-order valence-electron chi connectivity index (χ3n) is 7.09. The van der Waals surface area contributed by atoms with Gasteiger partial charge in [-0.2, -0.15) is 21.7 Å². The normalized spacial score (nSPS) is 19.8. The summed E-state index contributed by atoms with van der Waals surface area (Å²) in [5.74, 6) is 4.15. The highest BCUT2D eigenvalue weighted by Gasteiger charge is 2.26. The second-order valence-corrected chi connectivity index (χ2v) is 11.4. The number of anilines is 2. The molecule has 2 aromatic heterocycles. The minimum Gasteiger partial charge on any atom is -0.496 e. The first kappa shape index (κ1) is 28.8. The summed E-state index contributed by atoms with van der Waals surface area (Å²) in [4.78, 5) is 19.6. The summed E-state index contributed by atoms with van der Waals surface area (Å²) in [6.07, 6.45) is 0.211. The van der Waals surface area contributed by atoms with Crippen LogP contribution in [0.25, 0.3) is 22.3 Å². The number of methoxy groups -OCH3 is 1. The van der Waals surface area contributed by atoms with Crippen LogP contribution in [0.1, 0.15) is 19.4 Å². The zero-order valence-corrected chi connectivity index (χ0v) is 24.5. The van der Waals surface area contributed by atoms with E-state index in [0.29, 0.717) is 31.4 Å². The largest absolute Gasteiger partial charge is 0.496 e. The topological polar surface area (TPSA) is 105 Å². The van der Waals surface area contributed by atoms with Crippen molar-refractivity contribution < 1.29 is 19.3 Å². The third-order valence-corrected chi connectivity index (χ3v) is 8.06. The average Bonchev–Trinajstić information content (AvgIpc) is 2.98. The average molecular weight is 569 g/mol. The Kier molecular flexibility index (Phi) is 9.92. The second kappa shape index (κ2) is 13.8. The third kappa shape index (κ3) is 6.95. The van der Waals surface area contributed by atoms with Gasteiger partial charge in [-0.1, -0.05) is 0 Å². The molecule has 216 valence electrons. The van der Waals surface area contributed by atoms with Crippen LogP contribution in [0, 0.1) is 0 Å². The van der Waals surface area contributed by atoms with E-state index in [9.17, 15) is 0 Å². The molecule has 0 spiro atoms.